The summed E-state index contributed by atoms with van der Waals surface area (Å²) >= 11 is 15.1. The number of alkyl halides is 3. The van der Waals surface area contributed by atoms with Gasteiger partial charge in [0.1, 0.15) is 0 Å². The molecule has 4 nitrogen and oxygen atoms in total. The van der Waals surface area contributed by atoms with E-state index in [1.807, 2.05) is 0 Å². The van der Waals surface area contributed by atoms with Crippen molar-refractivity contribution in [1.82, 2.24) is 0 Å². The maximum absolute atomic E-state index is 9.88. The van der Waals surface area contributed by atoms with E-state index >= 15 is 0 Å². The van der Waals surface area contributed by atoms with Gasteiger partial charge in [0.05, 0.1) is 0 Å². The summed E-state index contributed by atoms with van der Waals surface area (Å²) < 4.78 is 11.7. The fraction of sp³-hybridized carbons (Fsp3) is 1.00. The molecule has 10 heavy (non-hydrogen) atoms. The van der Waals surface area contributed by atoms with Crippen LogP contribution < -0.4 is 0 Å². The molecule has 0 aliphatic carbocycles. The first kappa shape index (κ1) is 11.0. The van der Waals surface area contributed by atoms with Crippen LogP contribution >= 0.6 is 43.1 Å². The molecule has 0 fully saturated rings. The molecule has 0 aliphatic heterocycles. The lowest BCUT2D eigenvalue weighted by Crippen LogP contribution is -2.25. The molecule has 0 bridgehead atoms. The summed E-state index contributed by atoms with van der Waals surface area (Å²) in [6, 6.07) is 0. The average Bonchev–Trinajstić information content (AvgIpc) is 1.60. The lowest BCUT2D eigenvalue weighted by molar-refractivity contribution is -0.0144. The number of halogens is 3. The first-order valence-corrected chi connectivity index (χ1v) is 4.38. The summed E-state index contributed by atoms with van der Waals surface area (Å²) in [5, 5.41) is 8.60. The van der Waals surface area contributed by atoms with E-state index in [4.69, 9.17) is 44.8 Å². The Labute approximate surface area is 72.6 Å². The molecule has 0 amide bonds. The molecule has 2 unspecified atom stereocenters. The monoisotopic (exact) mass is 228 g/mol. The highest BCUT2D eigenvalue weighted by Crippen LogP contribution is 2.34. The highest BCUT2D eigenvalue weighted by atomic mass is 35.6. The Morgan fingerprint density at radius 1 is 1.50 bits per heavy atom. The van der Waals surface area contributed by atoms with Gasteiger partial charge in [-0.05, 0) is 0 Å². The third-order valence-electron chi connectivity index (χ3n) is 0.492. The van der Waals surface area contributed by atoms with Crippen molar-refractivity contribution < 1.29 is 19.1 Å². The summed E-state index contributed by atoms with van der Waals surface area (Å²) in [5.74, 6) is 0. The molecule has 0 aliphatic rings. The first-order valence-electron chi connectivity index (χ1n) is 1.98. The Morgan fingerprint density at radius 3 is 2.00 bits per heavy atom. The van der Waals surface area contributed by atoms with Crippen LogP contribution in [0.4, 0.5) is 0 Å². The van der Waals surface area contributed by atoms with Crippen molar-refractivity contribution in [3.8, 4) is 0 Å². The quantitative estimate of drug-likeness (QED) is 0.422. The van der Waals surface area contributed by atoms with Gasteiger partial charge in [-0.25, -0.2) is 0 Å². The Balaban J connectivity index is 3.85. The normalized spacial score (nSPS) is 18.5. The fourth-order valence-electron chi connectivity index (χ4n) is 0.162. The van der Waals surface area contributed by atoms with Crippen molar-refractivity contribution in [3.05, 3.63) is 0 Å². The third-order valence-corrected chi connectivity index (χ3v) is 1.48. The number of aliphatic hydroxyl groups excluding tert-OH is 1. The second kappa shape index (κ2) is 4.12. The van der Waals surface area contributed by atoms with Crippen LogP contribution in [-0.4, -0.2) is 20.1 Å². The van der Waals surface area contributed by atoms with Gasteiger partial charge in [0.25, 0.3) is 0 Å². The summed E-state index contributed by atoms with van der Waals surface area (Å²) in [5.41, 5.74) is 0. The van der Waals surface area contributed by atoms with Crippen LogP contribution in [0.25, 0.3) is 0 Å². The van der Waals surface area contributed by atoms with Crippen molar-refractivity contribution in [3.63, 3.8) is 0 Å². The minimum absolute atomic E-state index is 1.88. The van der Waals surface area contributed by atoms with E-state index in [0.717, 1.165) is 0 Å². The Morgan fingerprint density at radius 2 is 1.90 bits per heavy atom. The topological polar surface area (TPSA) is 66.8 Å². The zero-order valence-corrected chi connectivity index (χ0v) is 7.69. The minimum Gasteiger partial charge on any atom is -0.364 e. The molecule has 0 spiro atoms. The molecule has 0 radical (unpaired) electrons. The van der Waals surface area contributed by atoms with Crippen LogP contribution in [0.15, 0.2) is 0 Å². The third kappa shape index (κ3) is 4.74. The second-order valence-corrected chi connectivity index (χ2v) is 4.41. The minimum atomic E-state index is -3.27. The van der Waals surface area contributed by atoms with Crippen LogP contribution in [0.1, 0.15) is 0 Å². The van der Waals surface area contributed by atoms with Gasteiger partial charge in [-0.15, -0.1) is 0 Å². The van der Waals surface area contributed by atoms with Gasteiger partial charge in [-0.3, -0.25) is 9.09 Å². The van der Waals surface area contributed by atoms with E-state index < -0.39 is 18.3 Å². The smallest absolute Gasteiger partial charge is 0.319 e. The predicted octanol–water partition coefficient (Wildman–Crippen LogP) is 1.07. The van der Waals surface area contributed by atoms with Crippen molar-refractivity contribution >= 4 is 43.1 Å². The van der Waals surface area contributed by atoms with Gasteiger partial charge in [-0.1, -0.05) is 34.8 Å². The highest BCUT2D eigenvalue weighted by Gasteiger charge is 2.32. The summed E-state index contributed by atoms with van der Waals surface area (Å²) in [7, 11) is -3.27. The van der Waals surface area contributed by atoms with Crippen molar-refractivity contribution in [2.24, 2.45) is 0 Å². The molecule has 0 aromatic heterocycles. The van der Waals surface area contributed by atoms with Crippen molar-refractivity contribution in [1.29, 1.82) is 0 Å². The molecule has 0 aromatic carbocycles. The second-order valence-electron chi connectivity index (χ2n) is 1.28. The maximum atomic E-state index is 9.88. The molecule has 62 valence electrons. The van der Waals surface area contributed by atoms with E-state index in [-0.39, 0.29) is 0 Å². The number of rotatable bonds is 2. The van der Waals surface area contributed by atoms with E-state index in [1.54, 1.807) is 0 Å². The number of aliphatic hydroxyl groups is 1. The molecule has 0 saturated heterocycles. The Bertz CT molecular complexity index is 133. The van der Waals surface area contributed by atoms with E-state index in [2.05, 4.69) is 4.52 Å². The highest BCUT2D eigenvalue weighted by molar-refractivity contribution is 7.32. The largest absolute Gasteiger partial charge is 0.364 e. The van der Waals surface area contributed by atoms with E-state index in [1.165, 1.54) is 0 Å². The molecule has 0 aromatic rings. The standard InChI is InChI=1S/C2H4Cl3O4P/c3-2(4,5)1(6)9-10(7)8/h1,6,10H,(H,7,8). The molecular weight excluding hydrogens is 225 g/mol. The molecule has 0 saturated carbocycles. The van der Waals surface area contributed by atoms with Gasteiger partial charge in [0.15, 0.2) is 0 Å². The van der Waals surface area contributed by atoms with Gasteiger partial charge in [0, 0.05) is 0 Å². The van der Waals surface area contributed by atoms with Crippen molar-refractivity contribution in [2.75, 3.05) is 0 Å². The van der Waals surface area contributed by atoms with Gasteiger partial charge in [-0.2, -0.15) is 0 Å². The van der Waals surface area contributed by atoms with Crippen molar-refractivity contribution in [2.45, 2.75) is 10.1 Å². The van der Waals surface area contributed by atoms with Crippen LogP contribution in [0, 0.1) is 0 Å². The zero-order valence-electron chi connectivity index (χ0n) is 4.42. The molecule has 0 heterocycles. The first-order chi connectivity index (χ1) is 4.34. The van der Waals surface area contributed by atoms with Gasteiger partial charge < -0.3 is 10.00 Å². The molecule has 2 N–H and O–H groups in total. The predicted molar refractivity (Wildman–Crippen MR) is 38.6 cm³/mol. The summed E-state index contributed by atoms with van der Waals surface area (Å²) in [6.45, 7) is 0. The van der Waals surface area contributed by atoms with Gasteiger partial charge in [0.2, 0.25) is 10.1 Å². The molecule has 0 rings (SSSR count). The van der Waals surface area contributed by atoms with Gasteiger partial charge >= 0.3 is 8.25 Å². The zero-order chi connectivity index (χ0) is 8.36. The molecular formula is C2H4Cl3O4P. The Kier molecular flexibility index (Phi) is 4.52. The maximum Gasteiger partial charge on any atom is 0.319 e. The summed E-state index contributed by atoms with van der Waals surface area (Å²) in [6.07, 6.45) is -1.88. The molecule has 2 atom stereocenters. The molecule has 8 heteroatoms. The van der Waals surface area contributed by atoms with Crippen LogP contribution in [0.5, 0.6) is 0 Å². The number of hydrogen-bond donors (Lipinski definition) is 2. The SMILES string of the molecule is O=[PH](O)OC(O)C(Cl)(Cl)Cl. The Hall–Kier alpha value is 0.980. The lowest BCUT2D eigenvalue weighted by Gasteiger charge is -2.16. The van der Waals surface area contributed by atoms with E-state index in [9.17, 15) is 4.57 Å². The average molecular weight is 229 g/mol. The summed E-state index contributed by atoms with van der Waals surface area (Å²) in [4.78, 5) is 8.07. The van der Waals surface area contributed by atoms with Crippen LogP contribution in [0.2, 0.25) is 0 Å². The van der Waals surface area contributed by atoms with Crippen LogP contribution in [0.3, 0.4) is 0 Å². The number of hydrogen-bond acceptors (Lipinski definition) is 3. The van der Waals surface area contributed by atoms with E-state index in [0.29, 0.717) is 0 Å². The van der Waals surface area contributed by atoms with Crippen LogP contribution in [-0.2, 0) is 9.09 Å². The lowest BCUT2D eigenvalue weighted by atomic mass is 10.8. The fourth-order valence-corrected chi connectivity index (χ4v) is 0.888.